The van der Waals surface area contributed by atoms with E-state index in [0.29, 0.717) is 11.9 Å². The lowest BCUT2D eigenvalue weighted by Crippen LogP contribution is -2.39. The van der Waals surface area contributed by atoms with Crippen LogP contribution in [0.2, 0.25) is 0 Å². The van der Waals surface area contributed by atoms with E-state index in [9.17, 15) is 13.2 Å². The van der Waals surface area contributed by atoms with E-state index in [2.05, 4.69) is 20.3 Å². The molecule has 0 spiro atoms. The highest BCUT2D eigenvalue weighted by atomic mass is 127. The molecule has 1 aliphatic rings. The van der Waals surface area contributed by atoms with Crippen molar-refractivity contribution in [1.29, 1.82) is 0 Å². The number of rotatable bonds is 5. The molecule has 31 heavy (non-hydrogen) atoms. The molecule has 1 unspecified atom stereocenters. The molecule has 1 atom stereocenters. The predicted octanol–water partition coefficient (Wildman–Crippen LogP) is 4.41. The fourth-order valence-corrected chi connectivity index (χ4v) is 3.70. The third-order valence-electron chi connectivity index (χ3n) is 5.09. The molecule has 1 aromatic carbocycles. The Morgan fingerprint density at radius 3 is 2.68 bits per heavy atom. The summed E-state index contributed by atoms with van der Waals surface area (Å²) in [6.45, 7) is 5.12. The number of nitrogens with one attached hydrogen (secondary N) is 1. The number of benzene rings is 1. The van der Waals surface area contributed by atoms with Gasteiger partial charge in [0, 0.05) is 45.8 Å². The lowest BCUT2D eigenvalue weighted by Gasteiger charge is -2.23. The van der Waals surface area contributed by atoms with E-state index in [1.54, 1.807) is 31.6 Å². The highest BCUT2D eigenvalue weighted by Gasteiger charge is 2.34. The molecule has 1 saturated heterocycles. The Kier molecular flexibility index (Phi) is 8.61. The zero-order valence-electron chi connectivity index (χ0n) is 18.1. The molecular formula is C21H29F3IN5O. The normalized spacial score (nSPS) is 17.1. The van der Waals surface area contributed by atoms with Gasteiger partial charge in [-0.15, -0.1) is 24.0 Å². The number of halogens is 4. The van der Waals surface area contributed by atoms with Gasteiger partial charge in [-0.2, -0.15) is 18.3 Å². The van der Waals surface area contributed by atoms with Crippen LogP contribution in [0.25, 0.3) is 0 Å². The van der Waals surface area contributed by atoms with Crippen molar-refractivity contribution in [2.75, 3.05) is 20.1 Å². The molecule has 10 heteroatoms. The van der Waals surface area contributed by atoms with E-state index in [-0.39, 0.29) is 47.9 Å². The van der Waals surface area contributed by atoms with E-state index < -0.39 is 11.7 Å². The number of nitrogens with zero attached hydrogens (tertiary/aromatic N) is 4. The van der Waals surface area contributed by atoms with Crippen molar-refractivity contribution in [2.45, 2.75) is 45.0 Å². The van der Waals surface area contributed by atoms with E-state index in [0.717, 1.165) is 31.1 Å². The average molecular weight is 551 g/mol. The first-order chi connectivity index (χ1) is 14.2. The maximum Gasteiger partial charge on any atom is 0.416 e. The van der Waals surface area contributed by atoms with E-state index in [1.165, 1.54) is 6.07 Å². The molecule has 0 radical (unpaired) electrons. The van der Waals surface area contributed by atoms with Gasteiger partial charge >= 0.3 is 6.18 Å². The Bertz CT molecular complexity index is 897. The summed E-state index contributed by atoms with van der Waals surface area (Å²) in [5.41, 5.74) is 0.622. The third kappa shape index (κ3) is 6.50. The van der Waals surface area contributed by atoms with Crippen LogP contribution in [0.1, 0.15) is 42.9 Å². The van der Waals surface area contributed by atoms with Gasteiger partial charge in [-0.1, -0.05) is 6.07 Å². The topological polar surface area (TPSA) is 54.7 Å². The Morgan fingerprint density at radius 2 is 2.10 bits per heavy atom. The summed E-state index contributed by atoms with van der Waals surface area (Å²) < 4.78 is 47.9. The standard InChI is InChI=1S/C21H28F3N5O.HI/c1-14(2)30-18-6-5-15(19(9-18)21(22,23)24)10-26-20(25-3)29-8-7-16(13-29)17-11-27-28(4)12-17;/h5-6,9,11-12,14,16H,7-8,10,13H2,1-4H3,(H,25,26);1H. The molecule has 172 valence electrons. The van der Waals surface area contributed by atoms with Gasteiger partial charge < -0.3 is 15.0 Å². The summed E-state index contributed by atoms with van der Waals surface area (Å²) in [4.78, 5) is 6.34. The quantitative estimate of drug-likeness (QED) is 0.340. The van der Waals surface area contributed by atoms with Crippen molar-refractivity contribution in [3.8, 4) is 5.75 Å². The van der Waals surface area contributed by atoms with Crippen LogP contribution in [0.5, 0.6) is 5.75 Å². The summed E-state index contributed by atoms with van der Waals surface area (Å²) in [6, 6.07) is 4.10. The van der Waals surface area contributed by atoms with Gasteiger partial charge in [0.25, 0.3) is 0 Å². The Labute approximate surface area is 197 Å². The fraction of sp³-hybridized carbons (Fsp3) is 0.524. The second-order valence-electron chi connectivity index (χ2n) is 7.76. The number of ether oxygens (including phenoxy) is 1. The van der Waals surface area contributed by atoms with Gasteiger partial charge in [0.1, 0.15) is 5.75 Å². The van der Waals surface area contributed by atoms with Crippen molar-refractivity contribution in [3.05, 3.63) is 47.3 Å². The third-order valence-corrected chi connectivity index (χ3v) is 5.09. The summed E-state index contributed by atoms with van der Waals surface area (Å²) in [5.74, 6) is 1.14. The summed E-state index contributed by atoms with van der Waals surface area (Å²) in [7, 11) is 3.52. The molecule has 1 aromatic heterocycles. The first-order valence-corrected chi connectivity index (χ1v) is 9.98. The van der Waals surface area contributed by atoms with Crippen molar-refractivity contribution in [3.63, 3.8) is 0 Å². The average Bonchev–Trinajstić information content (AvgIpc) is 3.31. The van der Waals surface area contributed by atoms with E-state index in [1.807, 2.05) is 19.4 Å². The number of aliphatic imine (C=N–C) groups is 1. The van der Waals surface area contributed by atoms with Crippen LogP contribution in [0.15, 0.2) is 35.6 Å². The zero-order chi connectivity index (χ0) is 21.9. The highest BCUT2D eigenvalue weighted by Crippen LogP contribution is 2.35. The minimum atomic E-state index is -4.46. The summed E-state index contributed by atoms with van der Waals surface area (Å²) in [6.07, 6.45) is 0.149. The summed E-state index contributed by atoms with van der Waals surface area (Å²) in [5, 5.41) is 7.31. The molecule has 2 aromatic rings. The maximum atomic E-state index is 13.6. The van der Waals surface area contributed by atoms with E-state index in [4.69, 9.17) is 4.74 Å². The van der Waals surface area contributed by atoms with Crippen LogP contribution >= 0.6 is 24.0 Å². The van der Waals surface area contributed by atoms with Crippen LogP contribution in [-0.4, -0.2) is 46.9 Å². The Hall–Kier alpha value is -1.98. The van der Waals surface area contributed by atoms with Crippen LogP contribution in [0.3, 0.4) is 0 Å². The van der Waals surface area contributed by atoms with Crippen LogP contribution in [0, 0.1) is 0 Å². The van der Waals surface area contributed by atoms with Crippen LogP contribution in [-0.2, 0) is 19.8 Å². The molecule has 0 saturated carbocycles. The number of aryl methyl sites for hydroxylation is 1. The van der Waals surface area contributed by atoms with Gasteiger partial charge in [-0.3, -0.25) is 9.67 Å². The molecule has 1 N–H and O–H groups in total. The minimum absolute atomic E-state index is 0. The Balaban J connectivity index is 0.00000341. The molecule has 1 aliphatic heterocycles. The van der Waals surface area contributed by atoms with Gasteiger partial charge in [0.15, 0.2) is 5.96 Å². The molecule has 1 fully saturated rings. The highest BCUT2D eigenvalue weighted by molar-refractivity contribution is 14.0. The smallest absolute Gasteiger partial charge is 0.416 e. The largest absolute Gasteiger partial charge is 0.491 e. The molecule has 0 bridgehead atoms. The predicted molar refractivity (Wildman–Crippen MR) is 125 cm³/mol. The van der Waals surface area contributed by atoms with Crippen molar-refractivity contribution in [2.24, 2.45) is 12.0 Å². The molecular weight excluding hydrogens is 522 g/mol. The minimum Gasteiger partial charge on any atom is -0.491 e. The molecule has 3 rings (SSSR count). The van der Waals surface area contributed by atoms with Crippen LogP contribution in [0.4, 0.5) is 13.2 Å². The molecule has 0 amide bonds. The van der Waals surface area contributed by atoms with Crippen LogP contribution < -0.4 is 10.1 Å². The number of hydrogen-bond donors (Lipinski definition) is 1. The SMILES string of the molecule is CN=C(NCc1ccc(OC(C)C)cc1C(F)(F)F)N1CCC(c2cnn(C)c2)C1.I. The number of hydrogen-bond acceptors (Lipinski definition) is 3. The maximum absolute atomic E-state index is 13.6. The molecule has 6 nitrogen and oxygen atoms in total. The Morgan fingerprint density at radius 1 is 1.35 bits per heavy atom. The first kappa shape index (κ1) is 25.3. The van der Waals surface area contributed by atoms with Crippen molar-refractivity contribution >= 4 is 29.9 Å². The zero-order valence-corrected chi connectivity index (χ0v) is 20.4. The fourth-order valence-electron chi connectivity index (χ4n) is 3.70. The van der Waals surface area contributed by atoms with Gasteiger partial charge in [0.2, 0.25) is 0 Å². The number of guanidine groups is 1. The molecule has 0 aliphatic carbocycles. The van der Waals surface area contributed by atoms with Crippen molar-refractivity contribution in [1.82, 2.24) is 20.0 Å². The number of alkyl halides is 3. The second-order valence-corrected chi connectivity index (χ2v) is 7.76. The van der Waals surface area contributed by atoms with Crippen molar-refractivity contribution < 1.29 is 17.9 Å². The van der Waals surface area contributed by atoms with Gasteiger partial charge in [-0.25, -0.2) is 0 Å². The monoisotopic (exact) mass is 551 g/mol. The molecule has 2 heterocycles. The summed E-state index contributed by atoms with van der Waals surface area (Å²) >= 11 is 0. The number of aromatic nitrogens is 2. The lowest BCUT2D eigenvalue weighted by atomic mass is 10.0. The lowest BCUT2D eigenvalue weighted by molar-refractivity contribution is -0.138. The first-order valence-electron chi connectivity index (χ1n) is 9.98. The van der Waals surface area contributed by atoms with Gasteiger partial charge in [-0.05, 0) is 43.5 Å². The van der Waals surface area contributed by atoms with Gasteiger partial charge in [0.05, 0.1) is 17.9 Å². The number of likely N-dealkylation sites (tertiary alicyclic amines) is 1. The second kappa shape index (κ2) is 10.6. The van der Waals surface area contributed by atoms with E-state index >= 15 is 0 Å².